The van der Waals surface area contributed by atoms with Crippen molar-refractivity contribution in [1.82, 2.24) is 0 Å². The van der Waals surface area contributed by atoms with Crippen LogP contribution in [0.3, 0.4) is 0 Å². The Morgan fingerprint density at radius 2 is 0.750 bits per heavy atom. The summed E-state index contributed by atoms with van der Waals surface area (Å²) in [5.74, 6) is 0. The van der Waals surface area contributed by atoms with Gasteiger partial charge in [0.05, 0.1) is 0 Å². The summed E-state index contributed by atoms with van der Waals surface area (Å²) in [4.78, 5) is 0. The van der Waals surface area contributed by atoms with Crippen LogP contribution in [0.4, 0.5) is 0 Å². The van der Waals surface area contributed by atoms with E-state index in [0.29, 0.717) is 0 Å². The van der Waals surface area contributed by atoms with Crippen molar-refractivity contribution in [3.63, 3.8) is 0 Å². The average molecular weight is 305 g/mol. The Morgan fingerprint density at radius 1 is 0.750 bits per heavy atom. The molecular weight excluding hydrogens is 305 g/mol. The fourth-order valence-electron chi connectivity index (χ4n) is 0. The van der Waals surface area contributed by atoms with Crippen molar-refractivity contribution in [2.24, 2.45) is 0 Å². The minimum atomic E-state index is 0. The van der Waals surface area contributed by atoms with E-state index >= 15 is 0 Å². The summed E-state index contributed by atoms with van der Waals surface area (Å²) < 4.78 is 0. The maximum absolute atomic E-state index is 0. The fraction of sp³-hybridized carbons (Fsp3) is 0. The Bertz CT molecular complexity index is 6.00. The van der Waals surface area contributed by atoms with Gasteiger partial charge >= 0.3 is 46.8 Å². The molecule has 0 spiro atoms. The molecule has 4 heavy (non-hydrogen) atoms. The third kappa shape index (κ3) is 9.81. The number of hydrogen-bond donors (Lipinski definition) is 0. The molecule has 2 radical (unpaired) electrons. The summed E-state index contributed by atoms with van der Waals surface area (Å²) in [6, 6.07) is 0. The first-order valence-corrected chi connectivity index (χ1v) is 0. The summed E-state index contributed by atoms with van der Waals surface area (Å²) in [5.41, 5.74) is 0. The molecule has 0 rings (SSSR count). The SMILES string of the molecule is [O-2].[O-2].[Pb+2].[Zn+2]. The van der Waals surface area contributed by atoms with Crippen molar-refractivity contribution in [1.29, 1.82) is 0 Å². The van der Waals surface area contributed by atoms with E-state index in [-0.39, 0.29) is 57.7 Å². The van der Waals surface area contributed by atoms with E-state index in [9.17, 15) is 0 Å². The molecule has 0 aromatic rings. The number of rotatable bonds is 0. The van der Waals surface area contributed by atoms with Gasteiger partial charge in [0.15, 0.2) is 0 Å². The Hall–Kier alpha value is 1.47. The molecule has 0 heterocycles. The Balaban J connectivity index is 0. The predicted molar refractivity (Wildman–Crippen MR) is 7.13 cm³/mol. The molecule has 2 nitrogen and oxygen atoms in total. The number of hydrogen-bond acceptors (Lipinski definition) is 0. The molecule has 0 saturated heterocycles. The molecule has 18 valence electrons. The van der Waals surface area contributed by atoms with Gasteiger partial charge < -0.3 is 11.0 Å². The van der Waals surface area contributed by atoms with Crippen LogP contribution in [0.5, 0.6) is 0 Å². The molecule has 0 aromatic heterocycles. The summed E-state index contributed by atoms with van der Waals surface area (Å²) >= 11 is 0. The van der Waals surface area contributed by atoms with Gasteiger partial charge in [0.1, 0.15) is 0 Å². The molecule has 0 saturated carbocycles. The maximum atomic E-state index is 0. The van der Waals surface area contributed by atoms with Gasteiger partial charge in [-0.25, -0.2) is 0 Å². The second kappa shape index (κ2) is 25.0. The van der Waals surface area contributed by atoms with Crippen molar-refractivity contribution in [3.05, 3.63) is 0 Å². The summed E-state index contributed by atoms with van der Waals surface area (Å²) in [5, 5.41) is 0. The molecule has 0 aliphatic rings. The van der Waals surface area contributed by atoms with Gasteiger partial charge in [-0.15, -0.1) is 0 Å². The van der Waals surface area contributed by atoms with Crippen molar-refractivity contribution >= 4 is 27.3 Å². The van der Waals surface area contributed by atoms with Crippen LogP contribution >= 0.6 is 0 Å². The second-order valence-electron chi connectivity index (χ2n) is 0. The van der Waals surface area contributed by atoms with Crippen LogP contribution in [0, 0.1) is 0 Å². The van der Waals surface area contributed by atoms with Crippen LogP contribution in [0.15, 0.2) is 0 Å². The first-order chi connectivity index (χ1) is 0. The zero-order valence-corrected chi connectivity index (χ0v) is 8.88. The Labute approximate surface area is 57.5 Å². The third-order valence-electron chi connectivity index (χ3n) is 0. The van der Waals surface area contributed by atoms with Gasteiger partial charge in [-0.05, 0) is 0 Å². The molecule has 0 aliphatic heterocycles. The molecule has 0 atom stereocenters. The predicted octanol–water partition coefficient (Wildman–Crippen LogP) is -0.621. The van der Waals surface area contributed by atoms with Gasteiger partial charge in [-0.3, -0.25) is 0 Å². The zero-order chi connectivity index (χ0) is 0. The summed E-state index contributed by atoms with van der Waals surface area (Å²) in [7, 11) is 0. The fourth-order valence-corrected chi connectivity index (χ4v) is 0. The molecule has 0 fully saturated rings. The van der Waals surface area contributed by atoms with Crippen molar-refractivity contribution in [2.75, 3.05) is 0 Å². The monoisotopic (exact) mass is 304 g/mol. The summed E-state index contributed by atoms with van der Waals surface area (Å²) in [6.07, 6.45) is 0. The van der Waals surface area contributed by atoms with E-state index in [2.05, 4.69) is 0 Å². The van der Waals surface area contributed by atoms with E-state index in [1.54, 1.807) is 0 Å². The van der Waals surface area contributed by atoms with Gasteiger partial charge in [0.2, 0.25) is 0 Å². The van der Waals surface area contributed by atoms with E-state index in [0.717, 1.165) is 0 Å². The Morgan fingerprint density at radius 3 is 0.750 bits per heavy atom. The van der Waals surface area contributed by atoms with E-state index in [1.807, 2.05) is 0 Å². The van der Waals surface area contributed by atoms with Crippen LogP contribution in [0.1, 0.15) is 0 Å². The minimum Gasteiger partial charge on any atom is -2.00 e. The molecule has 0 aliphatic carbocycles. The minimum absolute atomic E-state index is 0. The molecule has 4 heteroatoms. The summed E-state index contributed by atoms with van der Waals surface area (Å²) in [6.45, 7) is 0. The van der Waals surface area contributed by atoms with Crippen LogP contribution in [-0.2, 0) is 30.4 Å². The van der Waals surface area contributed by atoms with Gasteiger partial charge in [0, 0.05) is 0 Å². The molecular formula is O2PbZn. The van der Waals surface area contributed by atoms with Crippen LogP contribution in [0.2, 0.25) is 0 Å². The first-order valence-electron chi connectivity index (χ1n) is 0. The molecule has 0 amide bonds. The smallest absolute Gasteiger partial charge is 2.00 e. The standard InChI is InChI=1S/2O.Pb.Zn/q2*-2;2*+2. The van der Waals surface area contributed by atoms with Crippen LogP contribution < -0.4 is 0 Å². The van der Waals surface area contributed by atoms with Gasteiger partial charge in [-0.1, -0.05) is 0 Å². The topological polar surface area (TPSA) is 57.0 Å². The van der Waals surface area contributed by atoms with E-state index < -0.39 is 0 Å². The van der Waals surface area contributed by atoms with Crippen LogP contribution in [0.25, 0.3) is 0 Å². The normalized spacial score (nSPS) is 0. The molecule has 0 bridgehead atoms. The van der Waals surface area contributed by atoms with Crippen LogP contribution in [-0.4, -0.2) is 27.3 Å². The third-order valence-corrected chi connectivity index (χ3v) is 0. The van der Waals surface area contributed by atoms with Gasteiger partial charge in [0.25, 0.3) is 0 Å². The van der Waals surface area contributed by atoms with Crippen molar-refractivity contribution in [3.8, 4) is 0 Å². The van der Waals surface area contributed by atoms with Crippen molar-refractivity contribution in [2.45, 2.75) is 0 Å². The average Bonchev–Trinajstić information content (AvgIpc) is 0. The van der Waals surface area contributed by atoms with E-state index in [4.69, 9.17) is 0 Å². The zero-order valence-electron chi connectivity index (χ0n) is 2.02. The molecule has 0 aromatic carbocycles. The molecule has 0 N–H and O–H groups in total. The second-order valence-corrected chi connectivity index (χ2v) is 0. The first kappa shape index (κ1) is 50.7. The maximum Gasteiger partial charge on any atom is 2.00 e. The largest absolute Gasteiger partial charge is 2.00 e. The quantitative estimate of drug-likeness (QED) is 0.536. The van der Waals surface area contributed by atoms with E-state index in [1.165, 1.54) is 0 Å². The van der Waals surface area contributed by atoms with Gasteiger partial charge in [-0.2, -0.15) is 0 Å². The Kier molecular flexibility index (Phi) is 317. The van der Waals surface area contributed by atoms with Crippen molar-refractivity contribution < 1.29 is 30.4 Å². The molecule has 0 unspecified atom stereocenters.